The van der Waals surface area contributed by atoms with Crippen LogP contribution in [0.2, 0.25) is 0 Å². The van der Waals surface area contributed by atoms with Gasteiger partial charge in [-0.15, -0.1) is 0 Å². The van der Waals surface area contributed by atoms with Gasteiger partial charge in [0.1, 0.15) is 0 Å². The van der Waals surface area contributed by atoms with Crippen molar-refractivity contribution in [1.82, 2.24) is 0 Å². The first-order valence-electron chi connectivity index (χ1n) is 6.78. The van der Waals surface area contributed by atoms with Gasteiger partial charge in [-0.1, -0.05) is 0 Å². The maximum atomic E-state index is 11.4. The Hall–Kier alpha value is -1.55. The van der Waals surface area contributed by atoms with E-state index in [1.54, 1.807) is 12.1 Å². The minimum Gasteiger partial charge on any atom is -0.465 e. The second kappa shape index (κ2) is 6.57. The van der Waals surface area contributed by atoms with E-state index >= 15 is 0 Å². The molecule has 104 valence electrons. The van der Waals surface area contributed by atoms with Crippen molar-refractivity contribution in [3.8, 4) is 0 Å². The number of aliphatic hydroxyl groups is 1. The van der Waals surface area contributed by atoms with Gasteiger partial charge >= 0.3 is 5.97 Å². The van der Waals surface area contributed by atoms with E-state index in [9.17, 15) is 4.79 Å². The van der Waals surface area contributed by atoms with Crippen LogP contribution < -0.4 is 4.90 Å². The molecule has 0 saturated carbocycles. The number of carbonyl (C=O) groups excluding carboxylic acids is 1. The molecule has 2 rings (SSSR count). The molecule has 1 aliphatic heterocycles. The molecule has 1 heterocycles. The highest BCUT2D eigenvalue weighted by molar-refractivity contribution is 5.89. The normalized spacial score (nSPS) is 16.4. The smallest absolute Gasteiger partial charge is 0.337 e. The second-order valence-corrected chi connectivity index (χ2v) is 4.98. The lowest BCUT2D eigenvalue weighted by molar-refractivity contribution is 0.0601. The van der Waals surface area contributed by atoms with Crippen LogP contribution in [0.5, 0.6) is 0 Å². The summed E-state index contributed by atoms with van der Waals surface area (Å²) in [5.41, 5.74) is 1.73. The van der Waals surface area contributed by atoms with Crippen molar-refractivity contribution in [2.24, 2.45) is 5.92 Å². The van der Waals surface area contributed by atoms with E-state index in [2.05, 4.69) is 9.64 Å². The van der Waals surface area contributed by atoms with Crippen LogP contribution in [0.15, 0.2) is 24.3 Å². The lowest BCUT2D eigenvalue weighted by atomic mass is 9.93. The lowest BCUT2D eigenvalue weighted by Crippen LogP contribution is -2.33. The molecule has 0 aliphatic carbocycles. The van der Waals surface area contributed by atoms with Gasteiger partial charge in [0, 0.05) is 25.4 Å². The van der Waals surface area contributed by atoms with Gasteiger partial charge in [0.2, 0.25) is 0 Å². The minimum atomic E-state index is -0.298. The average molecular weight is 263 g/mol. The average Bonchev–Trinajstić information content (AvgIpc) is 2.48. The van der Waals surface area contributed by atoms with Crippen LogP contribution in [0, 0.1) is 5.92 Å². The molecule has 1 fully saturated rings. The number of hydrogen-bond acceptors (Lipinski definition) is 4. The van der Waals surface area contributed by atoms with E-state index in [-0.39, 0.29) is 5.97 Å². The Bertz CT molecular complexity index is 408. The molecule has 0 amide bonds. The van der Waals surface area contributed by atoms with E-state index < -0.39 is 0 Å². The zero-order valence-electron chi connectivity index (χ0n) is 11.3. The highest BCUT2D eigenvalue weighted by atomic mass is 16.5. The molecule has 1 N–H and O–H groups in total. The molecule has 19 heavy (non-hydrogen) atoms. The number of methoxy groups -OCH3 is 1. The number of carbonyl (C=O) groups is 1. The summed E-state index contributed by atoms with van der Waals surface area (Å²) in [6.45, 7) is 2.32. The number of benzene rings is 1. The largest absolute Gasteiger partial charge is 0.465 e. The number of esters is 1. The van der Waals surface area contributed by atoms with Crippen LogP contribution in [0.1, 0.15) is 29.6 Å². The van der Waals surface area contributed by atoms with Gasteiger partial charge in [0.05, 0.1) is 12.7 Å². The predicted molar refractivity (Wildman–Crippen MR) is 74.4 cm³/mol. The van der Waals surface area contributed by atoms with Crippen molar-refractivity contribution in [3.05, 3.63) is 29.8 Å². The fourth-order valence-corrected chi connectivity index (χ4v) is 2.59. The molecule has 0 unspecified atom stereocenters. The van der Waals surface area contributed by atoms with E-state index in [1.807, 2.05) is 12.1 Å². The van der Waals surface area contributed by atoms with Crippen molar-refractivity contribution >= 4 is 11.7 Å². The minimum absolute atomic E-state index is 0.290. The molecule has 0 atom stereocenters. The van der Waals surface area contributed by atoms with Crippen molar-refractivity contribution < 1.29 is 14.6 Å². The fourth-order valence-electron chi connectivity index (χ4n) is 2.59. The monoisotopic (exact) mass is 263 g/mol. The van der Waals surface area contributed by atoms with Gasteiger partial charge in [-0.2, -0.15) is 0 Å². The quantitative estimate of drug-likeness (QED) is 0.845. The highest BCUT2D eigenvalue weighted by Crippen LogP contribution is 2.25. The fraction of sp³-hybridized carbons (Fsp3) is 0.533. The summed E-state index contributed by atoms with van der Waals surface area (Å²) in [5, 5.41) is 8.95. The van der Waals surface area contributed by atoms with Crippen LogP contribution >= 0.6 is 0 Å². The third kappa shape index (κ3) is 3.47. The van der Waals surface area contributed by atoms with Gasteiger partial charge in [0.25, 0.3) is 0 Å². The third-order valence-electron chi connectivity index (χ3n) is 3.81. The molecule has 0 bridgehead atoms. The van der Waals surface area contributed by atoms with Gasteiger partial charge in [0.15, 0.2) is 0 Å². The summed E-state index contributed by atoms with van der Waals surface area (Å²) in [6, 6.07) is 7.55. The summed E-state index contributed by atoms with van der Waals surface area (Å²) < 4.78 is 4.69. The Kier molecular flexibility index (Phi) is 4.80. The van der Waals surface area contributed by atoms with Gasteiger partial charge in [-0.3, -0.25) is 0 Å². The third-order valence-corrected chi connectivity index (χ3v) is 3.81. The number of piperidine rings is 1. The summed E-state index contributed by atoms with van der Waals surface area (Å²) in [6.07, 6.45) is 3.16. The molecular weight excluding hydrogens is 242 g/mol. The van der Waals surface area contributed by atoms with E-state index in [0.717, 1.165) is 38.0 Å². The number of nitrogens with zero attached hydrogens (tertiary/aromatic N) is 1. The maximum Gasteiger partial charge on any atom is 0.337 e. The van der Waals surface area contributed by atoms with E-state index in [4.69, 9.17) is 5.11 Å². The van der Waals surface area contributed by atoms with Crippen molar-refractivity contribution in [3.63, 3.8) is 0 Å². The molecule has 0 radical (unpaired) electrons. The molecule has 1 saturated heterocycles. The van der Waals surface area contributed by atoms with E-state index in [0.29, 0.717) is 18.1 Å². The molecule has 0 aromatic heterocycles. The first-order valence-corrected chi connectivity index (χ1v) is 6.78. The van der Waals surface area contributed by atoms with Crippen LogP contribution in [-0.2, 0) is 4.74 Å². The van der Waals surface area contributed by atoms with Gasteiger partial charge in [-0.05, 0) is 49.4 Å². The SMILES string of the molecule is COC(=O)c1ccc(N2CCC(CCO)CC2)cc1. The molecule has 0 spiro atoms. The zero-order valence-corrected chi connectivity index (χ0v) is 11.3. The Labute approximate surface area is 114 Å². The number of hydrogen-bond donors (Lipinski definition) is 1. The summed E-state index contributed by atoms with van der Waals surface area (Å²) >= 11 is 0. The van der Waals surface area contributed by atoms with Crippen LogP contribution in [0.4, 0.5) is 5.69 Å². The maximum absolute atomic E-state index is 11.4. The molecule has 1 aromatic rings. The van der Waals surface area contributed by atoms with Crippen molar-refractivity contribution in [1.29, 1.82) is 0 Å². The Morgan fingerprint density at radius 3 is 2.47 bits per heavy atom. The first-order chi connectivity index (χ1) is 9.24. The Morgan fingerprint density at radius 1 is 1.32 bits per heavy atom. The topological polar surface area (TPSA) is 49.8 Å². The van der Waals surface area contributed by atoms with Crippen LogP contribution in [-0.4, -0.2) is 37.9 Å². The summed E-state index contributed by atoms with van der Waals surface area (Å²) in [4.78, 5) is 13.7. The van der Waals surface area contributed by atoms with E-state index in [1.165, 1.54) is 7.11 Å². The zero-order chi connectivity index (χ0) is 13.7. The lowest BCUT2D eigenvalue weighted by Gasteiger charge is -2.33. The first kappa shape index (κ1) is 13.9. The molecule has 1 aromatic carbocycles. The Balaban J connectivity index is 1.94. The van der Waals surface area contributed by atoms with Crippen LogP contribution in [0.25, 0.3) is 0 Å². The molecule has 4 nitrogen and oxygen atoms in total. The van der Waals surface area contributed by atoms with Crippen molar-refractivity contribution in [2.45, 2.75) is 19.3 Å². The van der Waals surface area contributed by atoms with Gasteiger partial charge < -0.3 is 14.7 Å². The number of anilines is 1. The standard InChI is InChI=1S/C15H21NO3/c1-19-15(18)13-2-4-14(5-3-13)16-9-6-12(7-10-16)8-11-17/h2-5,12,17H,6-11H2,1H3. The molecular formula is C15H21NO3. The molecule has 1 aliphatic rings. The number of ether oxygens (including phenoxy) is 1. The summed E-state index contributed by atoms with van der Waals surface area (Å²) in [7, 11) is 1.39. The number of aliphatic hydroxyl groups excluding tert-OH is 1. The Morgan fingerprint density at radius 2 is 1.95 bits per heavy atom. The highest BCUT2D eigenvalue weighted by Gasteiger charge is 2.19. The molecule has 4 heteroatoms. The number of rotatable bonds is 4. The van der Waals surface area contributed by atoms with Gasteiger partial charge in [-0.25, -0.2) is 4.79 Å². The summed E-state index contributed by atoms with van der Waals surface area (Å²) in [5.74, 6) is 0.351. The second-order valence-electron chi connectivity index (χ2n) is 4.98. The predicted octanol–water partition coefficient (Wildman–Crippen LogP) is 2.07. The van der Waals surface area contributed by atoms with Crippen molar-refractivity contribution in [2.75, 3.05) is 31.7 Å². The van der Waals surface area contributed by atoms with Crippen LogP contribution in [0.3, 0.4) is 0 Å².